The highest BCUT2D eigenvalue weighted by Gasteiger charge is 2.28. The number of nitrogens with one attached hydrogen (secondary N) is 1. The summed E-state index contributed by atoms with van der Waals surface area (Å²) in [6, 6.07) is 13.6. The maximum absolute atomic E-state index is 12.5. The van der Waals surface area contributed by atoms with Gasteiger partial charge in [-0.2, -0.15) is 8.42 Å². The van der Waals surface area contributed by atoms with Crippen molar-refractivity contribution in [3.8, 4) is 0 Å². The molecule has 0 aliphatic heterocycles. The Bertz CT molecular complexity index is 981. The topological polar surface area (TPSA) is 108 Å². The van der Waals surface area contributed by atoms with Crippen molar-refractivity contribution in [2.45, 2.75) is 50.8 Å². The molecule has 0 heterocycles. The van der Waals surface area contributed by atoms with Gasteiger partial charge in [-0.1, -0.05) is 48.0 Å². The summed E-state index contributed by atoms with van der Waals surface area (Å²) in [5.41, 5.74) is 0.810. The Labute approximate surface area is 182 Å². The molecule has 0 saturated carbocycles. The van der Waals surface area contributed by atoms with Crippen LogP contribution < -0.4 is 5.32 Å². The molecule has 0 aromatic heterocycles. The third-order valence-corrected chi connectivity index (χ3v) is 5.19. The second-order valence-electron chi connectivity index (χ2n) is 7.84. The summed E-state index contributed by atoms with van der Waals surface area (Å²) in [5, 5.41) is 2.32. The molecule has 31 heavy (non-hydrogen) atoms. The van der Waals surface area contributed by atoms with Crippen molar-refractivity contribution in [3.63, 3.8) is 0 Å². The standard InChI is InChI=1S/C22H27NO7S/c1-16-10-12-18(13-11-16)31(26,27)29-15-19(23-21(25)30-22(2,3)4)20(24)28-14-17-8-6-5-7-9-17/h5-13,19H,14-15H2,1-4H3,(H,23,25)/t19-/m0/s1. The first-order valence-electron chi connectivity index (χ1n) is 9.62. The summed E-state index contributed by atoms with van der Waals surface area (Å²) < 4.78 is 40.3. The SMILES string of the molecule is Cc1ccc(S(=O)(=O)OC[C@H](NC(=O)OC(C)(C)C)C(=O)OCc2ccccc2)cc1. The summed E-state index contributed by atoms with van der Waals surface area (Å²) in [5.74, 6) is -0.853. The van der Waals surface area contributed by atoms with Gasteiger partial charge in [-0.25, -0.2) is 9.59 Å². The number of benzene rings is 2. The van der Waals surface area contributed by atoms with Gasteiger partial charge >= 0.3 is 12.1 Å². The largest absolute Gasteiger partial charge is 0.459 e. The van der Waals surface area contributed by atoms with Gasteiger partial charge < -0.3 is 14.8 Å². The van der Waals surface area contributed by atoms with E-state index in [9.17, 15) is 18.0 Å². The predicted octanol–water partition coefficient (Wildman–Crippen LogP) is 3.34. The van der Waals surface area contributed by atoms with Gasteiger partial charge in [-0.15, -0.1) is 0 Å². The third kappa shape index (κ3) is 8.39. The van der Waals surface area contributed by atoms with E-state index in [0.717, 1.165) is 11.1 Å². The number of carbonyl (C=O) groups excluding carboxylic acids is 2. The van der Waals surface area contributed by atoms with Crippen LogP contribution >= 0.6 is 0 Å². The van der Waals surface area contributed by atoms with Crippen molar-refractivity contribution in [3.05, 3.63) is 65.7 Å². The molecule has 2 rings (SSSR count). The van der Waals surface area contributed by atoms with Gasteiger partial charge in [0.25, 0.3) is 10.1 Å². The van der Waals surface area contributed by atoms with Crippen molar-refractivity contribution in [2.24, 2.45) is 0 Å². The highest BCUT2D eigenvalue weighted by Crippen LogP contribution is 2.14. The highest BCUT2D eigenvalue weighted by molar-refractivity contribution is 7.86. The van der Waals surface area contributed by atoms with Gasteiger partial charge in [-0.3, -0.25) is 4.18 Å². The molecular formula is C22H27NO7S. The molecule has 1 amide bonds. The Morgan fingerprint density at radius 1 is 1.00 bits per heavy atom. The van der Waals surface area contributed by atoms with Gasteiger partial charge in [0.1, 0.15) is 12.2 Å². The zero-order valence-corrected chi connectivity index (χ0v) is 18.8. The second kappa shape index (κ2) is 10.4. The highest BCUT2D eigenvalue weighted by atomic mass is 32.2. The van der Waals surface area contributed by atoms with Crippen molar-refractivity contribution < 1.29 is 31.7 Å². The molecule has 2 aromatic carbocycles. The third-order valence-electron chi connectivity index (χ3n) is 3.90. The molecule has 0 bridgehead atoms. The summed E-state index contributed by atoms with van der Waals surface area (Å²) in [7, 11) is -4.14. The molecule has 0 spiro atoms. The molecule has 9 heteroatoms. The van der Waals surface area contributed by atoms with Crippen LogP contribution in [0.15, 0.2) is 59.5 Å². The number of ether oxygens (including phenoxy) is 2. The Morgan fingerprint density at radius 3 is 2.19 bits per heavy atom. The number of aryl methyl sites for hydroxylation is 1. The monoisotopic (exact) mass is 449 g/mol. The van der Waals surface area contributed by atoms with Gasteiger partial charge in [0.2, 0.25) is 0 Å². The van der Waals surface area contributed by atoms with E-state index in [2.05, 4.69) is 5.32 Å². The Balaban J connectivity index is 2.09. The van der Waals surface area contributed by atoms with Crippen LogP contribution in [0.5, 0.6) is 0 Å². The zero-order valence-electron chi connectivity index (χ0n) is 18.0. The molecule has 0 fully saturated rings. The quantitative estimate of drug-likeness (QED) is 0.486. The maximum atomic E-state index is 12.5. The molecule has 0 aliphatic carbocycles. The van der Waals surface area contributed by atoms with Crippen molar-refractivity contribution in [2.75, 3.05) is 6.61 Å². The molecule has 0 aliphatic rings. The fraction of sp³-hybridized carbons (Fsp3) is 0.364. The van der Waals surface area contributed by atoms with E-state index < -0.39 is 40.4 Å². The van der Waals surface area contributed by atoms with Crippen LogP contribution in [0.1, 0.15) is 31.9 Å². The average molecular weight is 450 g/mol. The van der Waals surface area contributed by atoms with Gasteiger partial charge in [0.15, 0.2) is 6.04 Å². The number of hydrogen-bond acceptors (Lipinski definition) is 7. The van der Waals surface area contributed by atoms with Crippen molar-refractivity contribution in [1.82, 2.24) is 5.32 Å². The number of hydrogen-bond donors (Lipinski definition) is 1. The van der Waals surface area contributed by atoms with E-state index in [1.807, 2.05) is 13.0 Å². The molecule has 168 valence electrons. The van der Waals surface area contributed by atoms with Gasteiger partial charge in [-0.05, 0) is 45.4 Å². The van der Waals surface area contributed by atoms with Crippen LogP contribution in [0.2, 0.25) is 0 Å². The van der Waals surface area contributed by atoms with E-state index in [1.165, 1.54) is 12.1 Å². The normalized spacial score (nSPS) is 12.6. The molecular weight excluding hydrogens is 422 g/mol. The lowest BCUT2D eigenvalue weighted by Crippen LogP contribution is -2.47. The number of rotatable bonds is 8. The second-order valence-corrected chi connectivity index (χ2v) is 9.46. The van der Waals surface area contributed by atoms with Crippen LogP contribution in [0.4, 0.5) is 4.79 Å². The first-order chi connectivity index (χ1) is 14.5. The fourth-order valence-electron chi connectivity index (χ4n) is 2.38. The summed E-state index contributed by atoms with van der Waals surface area (Å²) >= 11 is 0. The molecule has 0 saturated heterocycles. The lowest BCUT2D eigenvalue weighted by molar-refractivity contribution is -0.148. The van der Waals surface area contributed by atoms with Crippen LogP contribution in [0, 0.1) is 6.92 Å². The van der Waals surface area contributed by atoms with Gasteiger partial charge in [0.05, 0.1) is 11.5 Å². The molecule has 0 unspecified atom stereocenters. The molecule has 2 aromatic rings. The summed E-state index contributed by atoms with van der Waals surface area (Å²) in [6.07, 6.45) is -0.898. The molecule has 0 radical (unpaired) electrons. The minimum atomic E-state index is -4.14. The minimum absolute atomic E-state index is 0.0448. The fourth-order valence-corrected chi connectivity index (χ4v) is 3.30. The lowest BCUT2D eigenvalue weighted by atomic mass is 10.2. The lowest BCUT2D eigenvalue weighted by Gasteiger charge is -2.23. The first kappa shape index (κ1) is 24.4. The summed E-state index contributed by atoms with van der Waals surface area (Å²) in [6.45, 7) is 6.11. The number of carbonyl (C=O) groups is 2. The average Bonchev–Trinajstić information content (AvgIpc) is 2.69. The zero-order chi connectivity index (χ0) is 23.1. The Kier molecular flexibility index (Phi) is 8.18. The smallest absolute Gasteiger partial charge is 0.408 e. The van der Waals surface area contributed by atoms with E-state index in [1.54, 1.807) is 57.2 Å². The van der Waals surface area contributed by atoms with E-state index in [0.29, 0.717) is 0 Å². The molecule has 1 N–H and O–H groups in total. The summed E-state index contributed by atoms with van der Waals surface area (Å²) in [4.78, 5) is 24.6. The number of alkyl carbamates (subject to hydrolysis) is 1. The predicted molar refractivity (Wildman–Crippen MR) is 114 cm³/mol. The van der Waals surface area contributed by atoms with Crippen LogP contribution in [-0.4, -0.2) is 38.7 Å². The van der Waals surface area contributed by atoms with Crippen molar-refractivity contribution in [1.29, 1.82) is 0 Å². The van der Waals surface area contributed by atoms with E-state index in [-0.39, 0.29) is 11.5 Å². The van der Waals surface area contributed by atoms with E-state index >= 15 is 0 Å². The Hall–Kier alpha value is -2.91. The Morgan fingerprint density at radius 2 is 1.61 bits per heavy atom. The van der Waals surface area contributed by atoms with E-state index in [4.69, 9.17) is 13.7 Å². The number of esters is 1. The van der Waals surface area contributed by atoms with Crippen LogP contribution in [-0.2, 0) is 35.2 Å². The maximum Gasteiger partial charge on any atom is 0.408 e. The van der Waals surface area contributed by atoms with Gasteiger partial charge in [0, 0.05) is 0 Å². The molecule has 8 nitrogen and oxygen atoms in total. The first-order valence-corrected chi connectivity index (χ1v) is 11.0. The van der Waals surface area contributed by atoms with Crippen LogP contribution in [0.3, 0.4) is 0 Å². The molecule has 1 atom stereocenters. The van der Waals surface area contributed by atoms with Crippen LogP contribution in [0.25, 0.3) is 0 Å². The van der Waals surface area contributed by atoms with Crippen molar-refractivity contribution >= 4 is 22.2 Å². The number of amides is 1. The minimum Gasteiger partial charge on any atom is -0.459 e.